The number of hydrogen-bond donors (Lipinski definition) is 3. The molecule has 0 rings (SSSR count). The summed E-state index contributed by atoms with van der Waals surface area (Å²) >= 11 is 0. The van der Waals surface area contributed by atoms with Gasteiger partial charge in [-0.25, -0.2) is 4.57 Å². The fraction of sp³-hybridized carbons (Fsp3) is 1.00. The molecular formula is C3H9O5P. The molecule has 0 unspecified atom stereocenters. The molecule has 0 saturated carbocycles. The van der Waals surface area contributed by atoms with Crippen molar-refractivity contribution in [1.82, 2.24) is 0 Å². The smallest absolute Gasteiger partial charge is 0.394 e. The molecule has 0 aliphatic rings. The van der Waals surface area contributed by atoms with E-state index in [-0.39, 0.29) is 0 Å². The number of aliphatic hydroxyl groups excluding tert-OH is 1. The van der Waals surface area contributed by atoms with E-state index in [9.17, 15) is 4.57 Å². The first-order valence-electron chi connectivity index (χ1n) is 2.30. The van der Waals surface area contributed by atoms with Crippen molar-refractivity contribution in [2.75, 3.05) is 6.61 Å². The van der Waals surface area contributed by atoms with Gasteiger partial charge in [0, 0.05) is 0 Å². The highest BCUT2D eigenvalue weighted by atomic mass is 31.2. The summed E-state index contributed by atoms with van der Waals surface area (Å²) in [5.74, 6) is 0. The molecule has 0 aromatic rings. The summed E-state index contributed by atoms with van der Waals surface area (Å²) in [6.07, 6.45) is -0.814. The summed E-state index contributed by atoms with van der Waals surface area (Å²) in [5, 5.41) is 8.23. The third-order valence-corrected chi connectivity index (χ3v) is 1.21. The summed E-state index contributed by atoms with van der Waals surface area (Å²) in [7, 11) is -4.40. The Morgan fingerprint density at radius 2 is 2.11 bits per heavy atom. The fourth-order valence-corrected chi connectivity index (χ4v) is 0.803. The molecule has 0 heterocycles. The minimum atomic E-state index is -4.40. The highest BCUT2D eigenvalue weighted by Gasteiger charge is 2.17. The second kappa shape index (κ2) is 3.29. The van der Waals surface area contributed by atoms with Crippen LogP contribution in [0, 0.1) is 0 Å². The van der Waals surface area contributed by atoms with Crippen molar-refractivity contribution >= 4 is 7.82 Å². The molecule has 0 spiro atoms. The Balaban J connectivity index is 3.60. The third kappa shape index (κ3) is 5.95. The second-order valence-corrected chi connectivity index (χ2v) is 2.78. The van der Waals surface area contributed by atoms with Crippen molar-refractivity contribution in [2.45, 2.75) is 13.0 Å². The van der Waals surface area contributed by atoms with E-state index >= 15 is 0 Å². The Labute approximate surface area is 52.5 Å². The number of aliphatic hydroxyl groups is 1. The predicted molar refractivity (Wildman–Crippen MR) is 29.7 cm³/mol. The molecule has 0 bridgehead atoms. The Hall–Kier alpha value is 0.0700. The van der Waals surface area contributed by atoms with E-state index in [1.165, 1.54) is 6.92 Å². The van der Waals surface area contributed by atoms with Gasteiger partial charge in [-0.2, -0.15) is 0 Å². The van der Waals surface area contributed by atoms with E-state index in [0.29, 0.717) is 0 Å². The monoisotopic (exact) mass is 156 g/mol. The molecule has 0 saturated heterocycles. The minimum absolute atomic E-state index is 0.398. The molecule has 0 radical (unpaired) electrons. The molecule has 56 valence electrons. The summed E-state index contributed by atoms with van der Waals surface area (Å²) in [6, 6.07) is 0. The van der Waals surface area contributed by atoms with E-state index in [1.807, 2.05) is 0 Å². The molecule has 6 heteroatoms. The van der Waals surface area contributed by atoms with Gasteiger partial charge < -0.3 is 14.9 Å². The number of rotatable bonds is 3. The van der Waals surface area contributed by atoms with Crippen LogP contribution in [0.2, 0.25) is 0 Å². The van der Waals surface area contributed by atoms with Crippen LogP contribution in [0.25, 0.3) is 0 Å². The van der Waals surface area contributed by atoms with Crippen molar-refractivity contribution in [3.8, 4) is 0 Å². The lowest BCUT2D eigenvalue weighted by molar-refractivity contribution is 0.0921. The van der Waals surface area contributed by atoms with E-state index in [1.54, 1.807) is 0 Å². The number of hydrogen-bond acceptors (Lipinski definition) is 3. The lowest BCUT2D eigenvalue weighted by atomic mass is 10.5. The van der Waals surface area contributed by atoms with Gasteiger partial charge in [-0.15, -0.1) is 0 Å². The Morgan fingerprint density at radius 3 is 2.22 bits per heavy atom. The van der Waals surface area contributed by atoms with Crippen molar-refractivity contribution in [1.29, 1.82) is 0 Å². The maximum Gasteiger partial charge on any atom is 0.469 e. The highest BCUT2D eigenvalue weighted by Crippen LogP contribution is 2.37. The third-order valence-electron chi connectivity index (χ3n) is 0.574. The van der Waals surface area contributed by atoms with Crippen LogP contribution in [0.3, 0.4) is 0 Å². The molecule has 0 aromatic heterocycles. The summed E-state index contributed by atoms with van der Waals surface area (Å²) in [5.41, 5.74) is 0. The molecule has 0 fully saturated rings. The molecule has 0 aliphatic heterocycles. The lowest BCUT2D eigenvalue weighted by Gasteiger charge is -2.09. The molecule has 5 nitrogen and oxygen atoms in total. The van der Waals surface area contributed by atoms with Gasteiger partial charge in [0.1, 0.15) is 0 Å². The Morgan fingerprint density at radius 1 is 1.67 bits per heavy atom. The van der Waals surface area contributed by atoms with E-state index in [0.717, 1.165) is 0 Å². The maximum atomic E-state index is 9.96. The topological polar surface area (TPSA) is 87.0 Å². The summed E-state index contributed by atoms with van der Waals surface area (Å²) in [6.45, 7) is 0.963. The van der Waals surface area contributed by atoms with Gasteiger partial charge in [-0.3, -0.25) is 4.52 Å². The van der Waals surface area contributed by atoms with Crippen LogP contribution < -0.4 is 0 Å². The maximum absolute atomic E-state index is 9.96. The van der Waals surface area contributed by atoms with Crippen molar-refractivity contribution < 1.29 is 24.0 Å². The molecule has 0 aromatic carbocycles. The molecular weight excluding hydrogens is 147 g/mol. The van der Waals surface area contributed by atoms with Crippen LogP contribution in [-0.2, 0) is 9.09 Å². The van der Waals surface area contributed by atoms with Crippen LogP contribution >= 0.6 is 7.82 Å². The fourth-order valence-electron chi connectivity index (χ4n) is 0.268. The van der Waals surface area contributed by atoms with Gasteiger partial charge in [-0.1, -0.05) is 0 Å². The van der Waals surface area contributed by atoms with Crippen LogP contribution in [-0.4, -0.2) is 27.6 Å². The average Bonchev–Trinajstić information content (AvgIpc) is 1.62. The highest BCUT2D eigenvalue weighted by molar-refractivity contribution is 7.46. The SMILES string of the molecule is C[C@@H](CO)OP(=O)(O)O. The van der Waals surface area contributed by atoms with Gasteiger partial charge >= 0.3 is 7.82 Å². The first-order valence-corrected chi connectivity index (χ1v) is 3.83. The van der Waals surface area contributed by atoms with Crippen LogP contribution in [0.5, 0.6) is 0 Å². The largest absolute Gasteiger partial charge is 0.469 e. The van der Waals surface area contributed by atoms with Crippen LogP contribution in [0.15, 0.2) is 0 Å². The second-order valence-electron chi connectivity index (χ2n) is 1.59. The molecule has 1 atom stereocenters. The van der Waals surface area contributed by atoms with Gasteiger partial charge in [0.05, 0.1) is 12.7 Å². The molecule has 0 amide bonds. The Bertz CT molecular complexity index is 117. The zero-order chi connectivity index (χ0) is 7.49. The van der Waals surface area contributed by atoms with Gasteiger partial charge in [0.2, 0.25) is 0 Å². The normalized spacial score (nSPS) is 15.6. The zero-order valence-electron chi connectivity index (χ0n) is 4.89. The zero-order valence-corrected chi connectivity index (χ0v) is 5.78. The molecule has 0 aliphatic carbocycles. The minimum Gasteiger partial charge on any atom is -0.394 e. The summed E-state index contributed by atoms with van der Waals surface area (Å²) in [4.78, 5) is 16.2. The van der Waals surface area contributed by atoms with Crippen molar-refractivity contribution in [3.05, 3.63) is 0 Å². The van der Waals surface area contributed by atoms with Crippen molar-refractivity contribution in [2.24, 2.45) is 0 Å². The van der Waals surface area contributed by atoms with E-state index < -0.39 is 20.5 Å². The number of phosphoric acid groups is 1. The first-order chi connectivity index (χ1) is 3.95. The van der Waals surface area contributed by atoms with Gasteiger partial charge in [0.25, 0.3) is 0 Å². The standard InChI is InChI=1S/C3H9O5P/c1-3(2-4)8-9(5,6)7/h3-4H,2H2,1H3,(H2,5,6,7)/t3-/m0/s1. The molecule has 3 N–H and O–H groups in total. The van der Waals surface area contributed by atoms with Gasteiger partial charge in [-0.05, 0) is 6.92 Å². The number of phosphoric ester groups is 1. The van der Waals surface area contributed by atoms with E-state index in [4.69, 9.17) is 14.9 Å². The average molecular weight is 156 g/mol. The van der Waals surface area contributed by atoms with Crippen LogP contribution in [0.1, 0.15) is 6.92 Å². The first kappa shape index (κ1) is 9.07. The summed E-state index contributed by atoms with van der Waals surface area (Å²) < 4.78 is 14.0. The van der Waals surface area contributed by atoms with Crippen LogP contribution in [0.4, 0.5) is 0 Å². The Kier molecular flexibility index (Phi) is 3.32. The predicted octanol–water partition coefficient (Wildman–Crippen LogP) is -0.524. The van der Waals surface area contributed by atoms with E-state index in [2.05, 4.69) is 4.52 Å². The lowest BCUT2D eigenvalue weighted by Crippen LogP contribution is -2.10. The van der Waals surface area contributed by atoms with Crippen molar-refractivity contribution in [3.63, 3.8) is 0 Å². The molecule has 9 heavy (non-hydrogen) atoms. The van der Waals surface area contributed by atoms with Gasteiger partial charge in [0.15, 0.2) is 0 Å². The quantitative estimate of drug-likeness (QED) is 0.478.